The summed E-state index contributed by atoms with van der Waals surface area (Å²) in [5.41, 5.74) is 2.45. The molecule has 0 radical (unpaired) electrons. The average Bonchev–Trinajstić information content (AvgIpc) is 3.00. The third kappa shape index (κ3) is 2.78. The number of ketones is 1. The maximum absolute atomic E-state index is 11.3. The summed E-state index contributed by atoms with van der Waals surface area (Å²) in [5.74, 6) is 0.569. The molecule has 1 heterocycles. The zero-order chi connectivity index (χ0) is 15.5. The van der Waals surface area contributed by atoms with E-state index in [9.17, 15) is 9.90 Å². The number of benzene rings is 2. The van der Waals surface area contributed by atoms with Crippen LogP contribution in [-0.4, -0.2) is 29.4 Å². The van der Waals surface area contributed by atoms with Crippen LogP contribution in [0.2, 0.25) is 0 Å². The summed E-state index contributed by atoms with van der Waals surface area (Å²) >= 11 is 0. The first kappa shape index (κ1) is 14.5. The molecule has 0 saturated heterocycles. The van der Waals surface area contributed by atoms with Gasteiger partial charge in [-0.3, -0.25) is 4.79 Å². The number of Topliss-reactive ketones (excluding diaryl/α,β-unsaturated/α-hetero) is 1. The van der Waals surface area contributed by atoms with Gasteiger partial charge in [0.05, 0.1) is 6.61 Å². The summed E-state index contributed by atoms with van der Waals surface area (Å²) in [6, 6.07) is 16.5. The average molecular weight is 295 g/mol. The van der Waals surface area contributed by atoms with Crippen LogP contribution in [0.3, 0.4) is 0 Å². The molecule has 3 rings (SSSR count). The Morgan fingerprint density at radius 1 is 1.14 bits per heavy atom. The maximum atomic E-state index is 11.3. The van der Waals surface area contributed by atoms with Crippen LogP contribution in [-0.2, 0) is 4.74 Å². The molecule has 0 amide bonds. The first-order valence-corrected chi connectivity index (χ1v) is 7.20. The Morgan fingerprint density at radius 2 is 1.82 bits per heavy atom. The number of rotatable bonds is 4. The lowest BCUT2D eigenvalue weighted by molar-refractivity contribution is 0.101. The molecule has 0 spiro atoms. The summed E-state index contributed by atoms with van der Waals surface area (Å²) in [5, 5.41) is 9.56. The molecule has 4 heteroatoms. The van der Waals surface area contributed by atoms with E-state index < -0.39 is 0 Å². The monoisotopic (exact) mass is 295 g/mol. The number of hydrogen-bond donors (Lipinski definition) is 1. The van der Waals surface area contributed by atoms with E-state index in [0.29, 0.717) is 11.5 Å². The number of aliphatic hydroxyl groups is 1. The quantitative estimate of drug-likeness (QED) is 0.882. The highest BCUT2D eigenvalue weighted by atomic mass is 16.5. The third-order valence-corrected chi connectivity index (χ3v) is 3.72. The first-order valence-electron chi connectivity index (χ1n) is 7.20. The van der Waals surface area contributed by atoms with E-state index in [1.165, 1.54) is 6.92 Å². The number of aliphatic hydroxyl groups excluding tert-OH is 1. The predicted molar refractivity (Wildman–Crippen MR) is 84.1 cm³/mol. The van der Waals surface area contributed by atoms with Gasteiger partial charge in [-0.2, -0.15) is 0 Å². The van der Waals surface area contributed by atoms with Gasteiger partial charge < -0.3 is 9.84 Å². The molecule has 0 unspecified atom stereocenters. The molecule has 0 fully saturated rings. The van der Waals surface area contributed by atoms with Crippen molar-refractivity contribution in [3.63, 3.8) is 0 Å². The largest absolute Gasteiger partial charge is 0.467 e. The zero-order valence-corrected chi connectivity index (χ0v) is 12.3. The van der Waals surface area contributed by atoms with Crippen LogP contribution in [0.4, 0.5) is 0 Å². The number of hydrogen-bond acceptors (Lipinski definition) is 4. The SMILES string of the molecule is CC(=O)c1ccc([C@H]2OC(c3ccccc3)=N[C@@H]2CO)cc1. The summed E-state index contributed by atoms with van der Waals surface area (Å²) < 4.78 is 5.94. The molecule has 112 valence electrons. The van der Waals surface area contributed by atoms with Gasteiger partial charge in [-0.05, 0) is 24.6 Å². The van der Waals surface area contributed by atoms with Crippen LogP contribution < -0.4 is 0 Å². The number of carbonyl (C=O) groups is 1. The van der Waals surface area contributed by atoms with Gasteiger partial charge in [0.2, 0.25) is 5.90 Å². The zero-order valence-electron chi connectivity index (χ0n) is 12.3. The van der Waals surface area contributed by atoms with Gasteiger partial charge in [0, 0.05) is 11.1 Å². The van der Waals surface area contributed by atoms with Crippen LogP contribution in [0.25, 0.3) is 0 Å². The van der Waals surface area contributed by atoms with Crippen molar-refractivity contribution >= 4 is 11.7 Å². The minimum absolute atomic E-state index is 0.0267. The minimum atomic E-state index is -0.335. The number of nitrogens with zero attached hydrogens (tertiary/aromatic N) is 1. The van der Waals surface area contributed by atoms with Crippen LogP contribution in [0.1, 0.15) is 34.5 Å². The minimum Gasteiger partial charge on any atom is -0.467 e. The van der Waals surface area contributed by atoms with Crippen molar-refractivity contribution < 1.29 is 14.6 Å². The number of ether oxygens (including phenoxy) is 1. The number of carbonyl (C=O) groups excluding carboxylic acids is 1. The van der Waals surface area contributed by atoms with Gasteiger partial charge >= 0.3 is 0 Å². The lowest BCUT2D eigenvalue weighted by atomic mass is 10.0. The first-order chi connectivity index (χ1) is 10.7. The summed E-state index contributed by atoms with van der Waals surface area (Å²) in [7, 11) is 0. The normalized spacial score (nSPS) is 20.4. The molecule has 1 aliphatic heterocycles. The standard InChI is InChI=1S/C18H17NO3/c1-12(21)13-7-9-14(10-8-13)17-16(11-20)19-18(22-17)15-5-3-2-4-6-15/h2-10,16-17,20H,11H2,1H3/t16-,17-/m1/s1. The molecule has 4 nitrogen and oxygen atoms in total. The van der Waals surface area contributed by atoms with E-state index in [0.717, 1.165) is 11.1 Å². The highest BCUT2D eigenvalue weighted by Crippen LogP contribution is 2.31. The topological polar surface area (TPSA) is 58.9 Å². The maximum Gasteiger partial charge on any atom is 0.217 e. The smallest absolute Gasteiger partial charge is 0.217 e. The van der Waals surface area contributed by atoms with Gasteiger partial charge in [0.1, 0.15) is 6.04 Å². The Kier molecular flexibility index (Phi) is 4.02. The molecular formula is C18H17NO3. The van der Waals surface area contributed by atoms with Crippen molar-refractivity contribution in [3.8, 4) is 0 Å². The van der Waals surface area contributed by atoms with Gasteiger partial charge in [-0.15, -0.1) is 0 Å². The van der Waals surface area contributed by atoms with Crippen molar-refractivity contribution in [1.29, 1.82) is 0 Å². The van der Waals surface area contributed by atoms with Gasteiger partial charge in [-0.25, -0.2) is 4.99 Å². The molecule has 0 aromatic heterocycles. The Morgan fingerprint density at radius 3 is 2.41 bits per heavy atom. The predicted octanol–water partition coefficient (Wildman–Crippen LogP) is 2.77. The van der Waals surface area contributed by atoms with E-state index in [2.05, 4.69) is 4.99 Å². The fourth-order valence-electron chi connectivity index (χ4n) is 2.51. The van der Waals surface area contributed by atoms with Gasteiger partial charge in [0.25, 0.3) is 0 Å². The Balaban J connectivity index is 1.85. The molecule has 1 aliphatic rings. The van der Waals surface area contributed by atoms with Crippen molar-refractivity contribution in [2.75, 3.05) is 6.61 Å². The number of aliphatic imine (C=N–C) groups is 1. The molecule has 22 heavy (non-hydrogen) atoms. The van der Waals surface area contributed by atoms with Crippen LogP contribution in [0.5, 0.6) is 0 Å². The molecule has 1 N–H and O–H groups in total. The van der Waals surface area contributed by atoms with Crippen LogP contribution in [0, 0.1) is 0 Å². The van der Waals surface area contributed by atoms with E-state index in [1.807, 2.05) is 42.5 Å². The summed E-state index contributed by atoms with van der Waals surface area (Å²) in [6.07, 6.45) is -0.332. The van der Waals surface area contributed by atoms with Gasteiger partial charge in [-0.1, -0.05) is 42.5 Å². The Labute approximate surface area is 129 Å². The second-order valence-electron chi connectivity index (χ2n) is 5.27. The second kappa shape index (κ2) is 6.12. The van der Waals surface area contributed by atoms with Crippen molar-refractivity contribution in [3.05, 3.63) is 71.3 Å². The molecule has 0 saturated carbocycles. The van der Waals surface area contributed by atoms with Crippen LogP contribution >= 0.6 is 0 Å². The molecule has 0 aliphatic carbocycles. The van der Waals surface area contributed by atoms with E-state index in [4.69, 9.17) is 4.74 Å². The van der Waals surface area contributed by atoms with Gasteiger partial charge in [0.15, 0.2) is 11.9 Å². The highest BCUT2D eigenvalue weighted by molar-refractivity contribution is 5.95. The third-order valence-electron chi connectivity index (χ3n) is 3.72. The van der Waals surface area contributed by atoms with Crippen molar-refractivity contribution in [2.24, 2.45) is 4.99 Å². The van der Waals surface area contributed by atoms with Crippen LogP contribution in [0.15, 0.2) is 59.6 Å². The second-order valence-corrected chi connectivity index (χ2v) is 5.27. The molecule has 0 bridgehead atoms. The van der Waals surface area contributed by atoms with Crippen molar-refractivity contribution in [2.45, 2.75) is 19.1 Å². The van der Waals surface area contributed by atoms with E-state index in [1.54, 1.807) is 12.1 Å². The molecule has 2 atom stereocenters. The summed E-state index contributed by atoms with van der Waals surface area (Å²) in [4.78, 5) is 15.8. The van der Waals surface area contributed by atoms with Crippen molar-refractivity contribution in [1.82, 2.24) is 0 Å². The Bertz CT molecular complexity index is 692. The molecule has 2 aromatic carbocycles. The van der Waals surface area contributed by atoms with E-state index >= 15 is 0 Å². The Hall–Kier alpha value is -2.46. The molecular weight excluding hydrogens is 278 g/mol. The highest BCUT2D eigenvalue weighted by Gasteiger charge is 2.32. The van der Waals surface area contributed by atoms with E-state index in [-0.39, 0.29) is 24.5 Å². The fourth-order valence-corrected chi connectivity index (χ4v) is 2.51. The lowest BCUT2D eigenvalue weighted by Gasteiger charge is -2.16. The lowest BCUT2D eigenvalue weighted by Crippen LogP contribution is -2.18. The summed E-state index contributed by atoms with van der Waals surface area (Å²) in [6.45, 7) is 1.45. The fraction of sp³-hybridized carbons (Fsp3) is 0.222. The molecule has 2 aromatic rings.